The van der Waals surface area contributed by atoms with Gasteiger partial charge in [0.15, 0.2) is 5.16 Å². The smallest absolute Gasteiger partial charge is 0.230 e. The fraction of sp³-hybridized carbons (Fsp3) is 0.450. The van der Waals surface area contributed by atoms with Gasteiger partial charge in [-0.3, -0.25) is 9.69 Å². The van der Waals surface area contributed by atoms with Gasteiger partial charge in [-0.1, -0.05) is 53.7 Å². The van der Waals surface area contributed by atoms with Gasteiger partial charge < -0.3 is 15.0 Å². The first kappa shape index (κ1) is 21.8. The summed E-state index contributed by atoms with van der Waals surface area (Å²) >= 11 is 7.46. The van der Waals surface area contributed by atoms with Crippen LogP contribution >= 0.6 is 23.4 Å². The monoisotopic (exact) mass is 435 g/mol. The Morgan fingerprint density at radius 3 is 2.79 bits per heavy atom. The molecule has 1 fully saturated rings. The lowest BCUT2D eigenvalue weighted by Crippen LogP contribution is -2.41. The Bertz CT molecular complexity index is 790. The minimum absolute atomic E-state index is 0.0361. The molecule has 2 heterocycles. The van der Waals surface area contributed by atoms with E-state index >= 15 is 0 Å². The molecule has 1 saturated heterocycles. The van der Waals surface area contributed by atoms with Gasteiger partial charge in [0.1, 0.15) is 11.0 Å². The maximum absolute atomic E-state index is 12.1. The number of halogens is 1. The molecule has 29 heavy (non-hydrogen) atoms. The highest BCUT2D eigenvalue weighted by Crippen LogP contribution is 2.22. The predicted octanol–water partition coefficient (Wildman–Crippen LogP) is 2.31. The Kier molecular flexibility index (Phi) is 8.54. The lowest BCUT2D eigenvalue weighted by Gasteiger charge is -2.26. The van der Waals surface area contributed by atoms with E-state index in [1.165, 1.54) is 17.3 Å². The molecule has 3 rings (SSSR count). The molecule has 156 valence electrons. The van der Waals surface area contributed by atoms with Crippen molar-refractivity contribution in [3.63, 3.8) is 0 Å². The third-order valence-corrected chi connectivity index (χ3v) is 5.54. The molecule has 1 aromatic carbocycles. The van der Waals surface area contributed by atoms with E-state index in [4.69, 9.17) is 16.3 Å². The molecule has 0 unspecified atom stereocenters. The van der Waals surface area contributed by atoms with Gasteiger partial charge in [0.2, 0.25) is 5.91 Å². The second-order valence-corrected chi connectivity index (χ2v) is 8.10. The van der Waals surface area contributed by atoms with E-state index in [1.54, 1.807) is 6.07 Å². The van der Waals surface area contributed by atoms with Gasteiger partial charge >= 0.3 is 0 Å². The fourth-order valence-corrected chi connectivity index (χ4v) is 3.85. The Hall–Kier alpha value is -1.87. The number of ether oxygens (including phenoxy) is 1. The van der Waals surface area contributed by atoms with Crippen molar-refractivity contribution in [2.45, 2.75) is 11.7 Å². The number of morpholine rings is 1. The molecule has 0 saturated carbocycles. The molecule has 0 spiro atoms. The van der Waals surface area contributed by atoms with Crippen LogP contribution in [0.25, 0.3) is 0 Å². The van der Waals surface area contributed by atoms with Gasteiger partial charge in [-0.15, -0.1) is 0 Å². The predicted molar refractivity (Wildman–Crippen MR) is 117 cm³/mol. The maximum Gasteiger partial charge on any atom is 0.230 e. The zero-order valence-corrected chi connectivity index (χ0v) is 18.1. The zero-order chi connectivity index (χ0) is 20.5. The highest BCUT2D eigenvalue weighted by Gasteiger charge is 2.12. The number of hydrogen-bond acceptors (Lipinski definition) is 7. The van der Waals surface area contributed by atoms with Crippen molar-refractivity contribution in [1.82, 2.24) is 20.2 Å². The molecule has 1 aliphatic heterocycles. The summed E-state index contributed by atoms with van der Waals surface area (Å²) in [6.07, 6.45) is 0. The van der Waals surface area contributed by atoms with E-state index in [2.05, 4.69) is 32.3 Å². The van der Waals surface area contributed by atoms with E-state index in [9.17, 15) is 4.79 Å². The number of rotatable bonds is 9. The van der Waals surface area contributed by atoms with Crippen LogP contribution in [0.3, 0.4) is 0 Å². The molecule has 7 nitrogen and oxygen atoms in total. The van der Waals surface area contributed by atoms with Crippen LogP contribution in [0.2, 0.25) is 5.15 Å². The van der Waals surface area contributed by atoms with Crippen LogP contribution in [-0.4, -0.2) is 73.0 Å². The number of amides is 1. The van der Waals surface area contributed by atoms with Crippen molar-refractivity contribution in [1.29, 1.82) is 0 Å². The molecule has 1 amide bonds. The summed E-state index contributed by atoms with van der Waals surface area (Å²) in [4.78, 5) is 25.2. The summed E-state index contributed by atoms with van der Waals surface area (Å²) in [5.74, 6) is 0.945. The summed E-state index contributed by atoms with van der Waals surface area (Å²) in [6.45, 7) is 5.53. The third-order valence-electron chi connectivity index (χ3n) is 4.50. The molecule has 0 aliphatic carbocycles. The number of carbonyl (C=O) groups is 1. The number of carbonyl (C=O) groups excluding carboxylic acids is 1. The number of hydrogen-bond donors (Lipinski definition) is 1. The molecule has 1 N–H and O–H groups in total. The topological polar surface area (TPSA) is 70.6 Å². The average molecular weight is 436 g/mol. The van der Waals surface area contributed by atoms with Gasteiger partial charge in [0, 0.05) is 45.8 Å². The SMILES string of the molecule is CN(Cc1ccccc1)c1cc(Cl)nc(SCC(=O)NCCN2CCOCC2)n1. The van der Waals surface area contributed by atoms with Gasteiger partial charge in [-0.05, 0) is 5.56 Å². The van der Waals surface area contributed by atoms with E-state index in [-0.39, 0.29) is 11.7 Å². The normalized spacial score (nSPS) is 14.6. The number of benzene rings is 1. The van der Waals surface area contributed by atoms with Crippen molar-refractivity contribution < 1.29 is 9.53 Å². The molecule has 0 atom stereocenters. The lowest BCUT2D eigenvalue weighted by atomic mass is 10.2. The van der Waals surface area contributed by atoms with Crippen LogP contribution in [0, 0.1) is 0 Å². The summed E-state index contributed by atoms with van der Waals surface area (Å²) in [5.41, 5.74) is 1.18. The highest BCUT2D eigenvalue weighted by molar-refractivity contribution is 7.99. The van der Waals surface area contributed by atoms with Crippen LogP contribution in [0.5, 0.6) is 0 Å². The molecule has 1 aliphatic rings. The first-order chi connectivity index (χ1) is 14.1. The summed E-state index contributed by atoms with van der Waals surface area (Å²) in [7, 11) is 1.96. The standard InChI is InChI=1S/C20H26ClN5O2S/c1-25(14-16-5-3-2-4-6-16)18-13-17(21)23-20(24-18)29-15-19(27)22-7-8-26-9-11-28-12-10-26/h2-6,13H,7-12,14-15H2,1H3,(H,22,27). The van der Waals surface area contributed by atoms with Crippen LogP contribution < -0.4 is 10.2 Å². The Morgan fingerprint density at radius 1 is 1.28 bits per heavy atom. The third kappa shape index (κ3) is 7.47. The Balaban J connectivity index is 1.47. The van der Waals surface area contributed by atoms with Crippen LogP contribution in [0.4, 0.5) is 5.82 Å². The second kappa shape index (κ2) is 11.3. The molecule has 9 heteroatoms. The lowest BCUT2D eigenvalue weighted by molar-refractivity contribution is -0.118. The summed E-state index contributed by atoms with van der Waals surface area (Å²) in [5, 5.41) is 3.81. The first-order valence-corrected chi connectivity index (χ1v) is 11.0. The summed E-state index contributed by atoms with van der Waals surface area (Å²) < 4.78 is 5.32. The maximum atomic E-state index is 12.1. The van der Waals surface area contributed by atoms with E-state index in [0.29, 0.717) is 23.4 Å². The van der Waals surface area contributed by atoms with Crippen LogP contribution in [-0.2, 0) is 16.1 Å². The van der Waals surface area contributed by atoms with Crippen LogP contribution in [0.1, 0.15) is 5.56 Å². The molecular formula is C20H26ClN5O2S. The second-order valence-electron chi connectivity index (χ2n) is 6.77. The highest BCUT2D eigenvalue weighted by atomic mass is 35.5. The Morgan fingerprint density at radius 2 is 2.03 bits per heavy atom. The van der Waals surface area contributed by atoms with E-state index < -0.39 is 0 Å². The van der Waals surface area contributed by atoms with Crippen molar-refractivity contribution in [3.05, 3.63) is 47.1 Å². The van der Waals surface area contributed by atoms with E-state index in [1.807, 2.05) is 30.1 Å². The van der Waals surface area contributed by atoms with Crippen molar-refractivity contribution in [2.24, 2.45) is 0 Å². The number of thioether (sulfide) groups is 1. The van der Waals surface area contributed by atoms with Crippen LogP contribution in [0.15, 0.2) is 41.6 Å². The Labute approximate surface area is 180 Å². The minimum Gasteiger partial charge on any atom is -0.379 e. The van der Waals surface area contributed by atoms with Gasteiger partial charge in [0.25, 0.3) is 0 Å². The largest absolute Gasteiger partial charge is 0.379 e. The zero-order valence-electron chi connectivity index (χ0n) is 16.5. The van der Waals surface area contributed by atoms with Gasteiger partial charge in [-0.2, -0.15) is 0 Å². The van der Waals surface area contributed by atoms with Crippen molar-refractivity contribution in [3.8, 4) is 0 Å². The van der Waals surface area contributed by atoms with E-state index in [0.717, 1.165) is 38.7 Å². The molecule has 0 radical (unpaired) electrons. The average Bonchev–Trinajstić information content (AvgIpc) is 2.73. The number of anilines is 1. The molecule has 0 bridgehead atoms. The molecule has 2 aromatic rings. The number of aromatic nitrogens is 2. The first-order valence-electron chi connectivity index (χ1n) is 9.59. The molecular weight excluding hydrogens is 410 g/mol. The van der Waals surface area contributed by atoms with Gasteiger partial charge in [0.05, 0.1) is 19.0 Å². The molecule has 1 aromatic heterocycles. The quantitative estimate of drug-likeness (QED) is 0.368. The van der Waals surface area contributed by atoms with Gasteiger partial charge in [-0.25, -0.2) is 9.97 Å². The van der Waals surface area contributed by atoms with Crippen molar-refractivity contribution >= 4 is 35.1 Å². The minimum atomic E-state index is -0.0361. The number of nitrogens with one attached hydrogen (secondary N) is 1. The number of nitrogens with zero attached hydrogens (tertiary/aromatic N) is 4. The van der Waals surface area contributed by atoms with Crippen molar-refractivity contribution in [2.75, 3.05) is 57.1 Å². The summed E-state index contributed by atoms with van der Waals surface area (Å²) in [6, 6.07) is 11.9. The fourth-order valence-electron chi connectivity index (χ4n) is 2.94.